The third-order valence-corrected chi connectivity index (χ3v) is 5.49. The summed E-state index contributed by atoms with van der Waals surface area (Å²) in [5.41, 5.74) is 0.515. The summed E-state index contributed by atoms with van der Waals surface area (Å²) in [4.78, 5) is 13.7. The van der Waals surface area contributed by atoms with Crippen LogP contribution in [0.3, 0.4) is 0 Å². The van der Waals surface area contributed by atoms with E-state index in [-0.39, 0.29) is 16.8 Å². The number of amides is 1. The molecule has 6 nitrogen and oxygen atoms in total. The molecular formula is C16H24N2O4S. The first-order chi connectivity index (χ1) is 10.9. The fraction of sp³-hybridized carbons (Fsp3) is 0.562. The van der Waals surface area contributed by atoms with Crippen molar-refractivity contribution in [3.63, 3.8) is 0 Å². The number of methoxy groups -OCH3 is 1. The van der Waals surface area contributed by atoms with E-state index in [9.17, 15) is 13.2 Å². The standard InChI is InChI=1S/C16H24N2O4S/c1-4-6-12(2)17-23(20,21)13-8-9-15(22-3)14(11-13)18-10-5-7-16(18)19/h8-9,11-12,17H,4-7,10H2,1-3H3/t12-/m1/s1. The predicted molar refractivity (Wildman–Crippen MR) is 89.3 cm³/mol. The summed E-state index contributed by atoms with van der Waals surface area (Å²) in [5, 5.41) is 0. The summed E-state index contributed by atoms with van der Waals surface area (Å²) >= 11 is 0. The number of carbonyl (C=O) groups is 1. The maximum Gasteiger partial charge on any atom is 0.240 e. The molecular weight excluding hydrogens is 316 g/mol. The largest absolute Gasteiger partial charge is 0.495 e. The number of benzene rings is 1. The Morgan fingerprint density at radius 1 is 1.39 bits per heavy atom. The lowest BCUT2D eigenvalue weighted by atomic mass is 10.2. The molecule has 7 heteroatoms. The van der Waals surface area contributed by atoms with Crippen molar-refractivity contribution >= 4 is 21.6 Å². The number of ether oxygens (including phenoxy) is 1. The number of anilines is 1. The van der Waals surface area contributed by atoms with Crippen LogP contribution >= 0.6 is 0 Å². The average Bonchev–Trinajstić information content (AvgIpc) is 2.92. The van der Waals surface area contributed by atoms with Crippen LogP contribution in [0.2, 0.25) is 0 Å². The molecule has 0 unspecified atom stereocenters. The van der Waals surface area contributed by atoms with E-state index in [0.717, 1.165) is 19.3 Å². The highest BCUT2D eigenvalue weighted by molar-refractivity contribution is 7.89. The number of hydrogen-bond acceptors (Lipinski definition) is 4. The summed E-state index contributed by atoms with van der Waals surface area (Å²) in [6.45, 7) is 4.43. The topological polar surface area (TPSA) is 75.7 Å². The molecule has 1 saturated heterocycles. The van der Waals surface area contributed by atoms with Crippen molar-refractivity contribution in [1.82, 2.24) is 4.72 Å². The van der Waals surface area contributed by atoms with E-state index >= 15 is 0 Å². The first kappa shape index (κ1) is 17.7. The fourth-order valence-corrected chi connectivity index (χ4v) is 4.07. The van der Waals surface area contributed by atoms with Gasteiger partial charge in [0, 0.05) is 19.0 Å². The molecule has 1 aliphatic rings. The van der Waals surface area contributed by atoms with E-state index in [1.54, 1.807) is 11.0 Å². The van der Waals surface area contributed by atoms with Crippen LogP contribution in [-0.4, -0.2) is 34.0 Å². The highest BCUT2D eigenvalue weighted by atomic mass is 32.2. The van der Waals surface area contributed by atoms with Crippen molar-refractivity contribution in [2.24, 2.45) is 0 Å². The van der Waals surface area contributed by atoms with Crippen LogP contribution in [0.4, 0.5) is 5.69 Å². The van der Waals surface area contributed by atoms with Gasteiger partial charge in [-0.05, 0) is 38.0 Å². The molecule has 128 valence electrons. The summed E-state index contributed by atoms with van der Waals surface area (Å²) < 4.78 is 33.0. The molecule has 0 aromatic heterocycles. The van der Waals surface area contributed by atoms with E-state index in [1.165, 1.54) is 19.2 Å². The quantitative estimate of drug-likeness (QED) is 0.826. The molecule has 1 aromatic carbocycles. The zero-order valence-electron chi connectivity index (χ0n) is 13.8. The zero-order valence-corrected chi connectivity index (χ0v) is 14.6. The number of nitrogens with zero attached hydrogens (tertiary/aromatic N) is 1. The number of nitrogens with one attached hydrogen (secondary N) is 1. The van der Waals surface area contributed by atoms with Crippen molar-refractivity contribution in [3.8, 4) is 5.75 Å². The smallest absolute Gasteiger partial charge is 0.240 e. The molecule has 23 heavy (non-hydrogen) atoms. The molecule has 1 N–H and O–H groups in total. The number of sulfonamides is 1. The van der Waals surface area contributed by atoms with Gasteiger partial charge in [-0.3, -0.25) is 4.79 Å². The van der Waals surface area contributed by atoms with E-state index in [1.807, 2.05) is 13.8 Å². The second-order valence-corrected chi connectivity index (χ2v) is 7.51. The van der Waals surface area contributed by atoms with Gasteiger partial charge in [-0.25, -0.2) is 13.1 Å². The maximum atomic E-state index is 12.5. The van der Waals surface area contributed by atoms with Gasteiger partial charge in [0.1, 0.15) is 5.75 Å². The SMILES string of the molecule is CCC[C@@H](C)NS(=O)(=O)c1ccc(OC)c(N2CCCC2=O)c1. The monoisotopic (exact) mass is 340 g/mol. The van der Waals surface area contributed by atoms with E-state index in [0.29, 0.717) is 24.4 Å². The second kappa shape index (κ2) is 7.31. The Balaban J connectivity index is 2.35. The van der Waals surface area contributed by atoms with Crippen molar-refractivity contribution < 1.29 is 17.9 Å². The van der Waals surface area contributed by atoms with E-state index < -0.39 is 10.0 Å². The van der Waals surface area contributed by atoms with E-state index in [2.05, 4.69) is 4.72 Å². The maximum absolute atomic E-state index is 12.5. The van der Waals surface area contributed by atoms with Crippen LogP contribution in [0.15, 0.2) is 23.1 Å². The zero-order chi connectivity index (χ0) is 17.0. The molecule has 1 atom stereocenters. The molecule has 0 bridgehead atoms. The molecule has 1 aromatic rings. The molecule has 0 radical (unpaired) electrons. The Hall–Kier alpha value is -1.60. The minimum Gasteiger partial charge on any atom is -0.495 e. The highest BCUT2D eigenvalue weighted by Crippen LogP contribution is 2.33. The van der Waals surface area contributed by atoms with Gasteiger partial charge in [-0.2, -0.15) is 0 Å². The molecule has 0 aliphatic carbocycles. The minimum atomic E-state index is -3.62. The Morgan fingerprint density at radius 2 is 2.13 bits per heavy atom. The third-order valence-electron chi connectivity index (χ3n) is 3.90. The molecule has 1 heterocycles. The predicted octanol–water partition coefficient (Wildman–Crippen LogP) is 2.29. The molecule has 0 saturated carbocycles. The fourth-order valence-electron chi connectivity index (χ4n) is 2.78. The van der Waals surface area contributed by atoms with Gasteiger partial charge in [0.15, 0.2) is 0 Å². The Bertz CT molecular complexity index is 673. The van der Waals surface area contributed by atoms with Gasteiger partial charge in [-0.15, -0.1) is 0 Å². The minimum absolute atomic E-state index is 0.00911. The van der Waals surface area contributed by atoms with Crippen LogP contribution in [0.1, 0.15) is 39.5 Å². The average molecular weight is 340 g/mol. The molecule has 2 rings (SSSR count). The van der Waals surface area contributed by atoms with Gasteiger partial charge < -0.3 is 9.64 Å². The molecule has 1 aliphatic heterocycles. The third kappa shape index (κ3) is 4.03. The number of carbonyl (C=O) groups excluding carboxylic acids is 1. The van der Waals surface area contributed by atoms with Gasteiger partial charge in [-0.1, -0.05) is 13.3 Å². The molecule has 1 amide bonds. The van der Waals surface area contributed by atoms with Gasteiger partial charge in [0.05, 0.1) is 17.7 Å². The summed E-state index contributed by atoms with van der Waals surface area (Å²) in [6, 6.07) is 4.48. The first-order valence-electron chi connectivity index (χ1n) is 7.89. The van der Waals surface area contributed by atoms with Crippen molar-refractivity contribution in [2.45, 2.75) is 50.5 Å². The van der Waals surface area contributed by atoms with Crippen molar-refractivity contribution in [1.29, 1.82) is 0 Å². The first-order valence-corrected chi connectivity index (χ1v) is 9.38. The number of hydrogen-bond donors (Lipinski definition) is 1. The van der Waals surface area contributed by atoms with Crippen molar-refractivity contribution in [2.75, 3.05) is 18.6 Å². The normalized spacial score (nSPS) is 16.7. The lowest BCUT2D eigenvalue weighted by molar-refractivity contribution is -0.117. The lowest BCUT2D eigenvalue weighted by Gasteiger charge is -2.20. The van der Waals surface area contributed by atoms with Crippen LogP contribution in [-0.2, 0) is 14.8 Å². The van der Waals surface area contributed by atoms with Crippen LogP contribution in [0.25, 0.3) is 0 Å². The summed E-state index contributed by atoms with van der Waals surface area (Å²) in [6.07, 6.45) is 2.92. The Labute approximate surface area is 137 Å². The van der Waals surface area contributed by atoms with Gasteiger partial charge in [0.25, 0.3) is 0 Å². The summed E-state index contributed by atoms with van der Waals surface area (Å²) in [7, 11) is -2.11. The molecule has 1 fully saturated rings. The number of rotatable bonds is 7. The van der Waals surface area contributed by atoms with Crippen molar-refractivity contribution in [3.05, 3.63) is 18.2 Å². The van der Waals surface area contributed by atoms with Gasteiger partial charge in [0.2, 0.25) is 15.9 Å². The Morgan fingerprint density at radius 3 is 2.70 bits per heavy atom. The Kier molecular flexibility index (Phi) is 5.64. The van der Waals surface area contributed by atoms with Gasteiger partial charge >= 0.3 is 0 Å². The second-order valence-electron chi connectivity index (χ2n) is 5.79. The highest BCUT2D eigenvalue weighted by Gasteiger charge is 2.27. The van der Waals surface area contributed by atoms with Crippen LogP contribution in [0, 0.1) is 0 Å². The molecule has 0 spiro atoms. The summed E-state index contributed by atoms with van der Waals surface area (Å²) in [5.74, 6) is 0.492. The van der Waals surface area contributed by atoms with Crippen LogP contribution in [0.5, 0.6) is 5.75 Å². The van der Waals surface area contributed by atoms with E-state index in [4.69, 9.17) is 4.74 Å². The lowest BCUT2D eigenvalue weighted by Crippen LogP contribution is -2.32. The van der Waals surface area contributed by atoms with Crippen LogP contribution < -0.4 is 14.4 Å².